The fourth-order valence-electron chi connectivity index (χ4n) is 1.64. The first-order chi connectivity index (χ1) is 8.33. The van der Waals surface area contributed by atoms with Crippen molar-refractivity contribution in [3.05, 3.63) is 17.0 Å². The van der Waals surface area contributed by atoms with E-state index in [0.29, 0.717) is 0 Å². The molecule has 1 aliphatic carbocycles. The van der Waals surface area contributed by atoms with Crippen molar-refractivity contribution < 1.29 is 4.52 Å². The van der Waals surface area contributed by atoms with Gasteiger partial charge in [0.1, 0.15) is 10.8 Å². The van der Waals surface area contributed by atoms with E-state index >= 15 is 0 Å². The van der Waals surface area contributed by atoms with Gasteiger partial charge >= 0.3 is 0 Å². The standard InChI is InChI=1S/C11H14N4OS/c1-7-9(6-13-16-7)11-15-14-10(17-11)4-5-12-8-2-3-8/h6,8,12H,2-5H2,1H3. The summed E-state index contributed by atoms with van der Waals surface area (Å²) in [6, 6.07) is 0.753. The van der Waals surface area contributed by atoms with Gasteiger partial charge in [0.2, 0.25) is 0 Å². The summed E-state index contributed by atoms with van der Waals surface area (Å²) in [5, 5.41) is 17.5. The van der Waals surface area contributed by atoms with E-state index in [-0.39, 0.29) is 0 Å². The van der Waals surface area contributed by atoms with Gasteiger partial charge in [0.05, 0.1) is 11.8 Å². The molecule has 90 valence electrons. The van der Waals surface area contributed by atoms with Gasteiger partial charge in [0.15, 0.2) is 5.01 Å². The zero-order chi connectivity index (χ0) is 11.7. The minimum absolute atomic E-state index is 0.753. The van der Waals surface area contributed by atoms with Crippen molar-refractivity contribution in [3.8, 4) is 10.6 Å². The second-order valence-corrected chi connectivity index (χ2v) is 5.34. The van der Waals surface area contributed by atoms with Crippen LogP contribution in [0.4, 0.5) is 0 Å². The predicted molar refractivity (Wildman–Crippen MR) is 64.9 cm³/mol. The first-order valence-corrected chi connectivity index (χ1v) is 6.62. The molecule has 0 saturated heterocycles. The molecule has 0 unspecified atom stereocenters. The van der Waals surface area contributed by atoms with Crippen LogP contribution in [0.3, 0.4) is 0 Å². The highest BCUT2D eigenvalue weighted by Gasteiger charge is 2.20. The molecular formula is C11H14N4OS. The minimum atomic E-state index is 0.753. The maximum absolute atomic E-state index is 5.03. The van der Waals surface area contributed by atoms with Crippen LogP contribution in [0, 0.1) is 6.92 Å². The molecule has 1 fully saturated rings. The van der Waals surface area contributed by atoms with E-state index in [1.807, 2.05) is 6.92 Å². The van der Waals surface area contributed by atoms with E-state index < -0.39 is 0 Å². The van der Waals surface area contributed by atoms with Crippen LogP contribution in [0.15, 0.2) is 10.7 Å². The maximum Gasteiger partial charge on any atom is 0.152 e. The number of rotatable bonds is 5. The Bertz CT molecular complexity index is 503. The second kappa shape index (κ2) is 4.54. The summed E-state index contributed by atoms with van der Waals surface area (Å²) in [5.74, 6) is 0.795. The number of aryl methyl sites for hydroxylation is 1. The Kier molecular flexibility index (Phi) is 2.90. The quantitative estimate of drug-likeness (QED) is 0.876. The smallest absolute Gasteiger partial charge is 0.152 e. The Balaban J connectivity index is 1.63. The third-order valence-electron chi connectivity index (χ3n) is 2.80. The first kappa shape index (κ1) is 10.9. The molecule has 0 radical (unpaired) electrons. The van der Waals surface area contributed by atoms with E-state index in [1.54, 1.807) is 17.5 Å². The molecule has 0 spiro atoms. The average molecular weight is 250 g/mol. The number of hydrogen-bond donors (Lipinski definition) is 1. The van der Waals surface area contributed by atoms with Gasteiger partial charge in [-0.15, -0.1) is 10.2 Å². The lowest BCUT2D eigenvalue weighted by atomic mass is 10.3. The van der Waals surface area contributed by atoms with Crippen LogP contribution in [0.2, 0.25) is 0 Å². The summed E-state index contributed by atoms with van der Waals surface area (Å²) in [6.07, 6.45) is 5.28. The van der Waals surface area contributed by atoms with Crippen molar-refractivity contribution in [2.24, 2.45) is 0 Å². The summed E-state index contributed by atoms with van der Waals surface area (Å²) in [7, 11) is 0. The Morgan fingerprint density at radius 2 is 2.35 bits per heavy atom. The third kappa shape index (κ3) is 2.53. The van der Waals surface area contributed by atoms with Gasteiger partial charge in [-0.2, -0.15) is 0 Å². The molecule has 1 aliphatic rings. The van der Waals surface area contributed by atoms with Gasteiger partial charge in [-0.3, -0.25) is 0 Å². The molecule has 0 aromatic carbocycles. The Morgan fingerprint density at radius 1 is 1.47 bits per heavy atom. The highest BCUT2D eigenvalue weighted by atomic mass is 32.1. The van der Waals surface area contributed by atoms with Crippen LogP contribution in [0.5, 0.6) is 0 Å². The Hall–Kier alpha value is -1.27. The molecule has 0 amide bonds. The van der Waals surface area contributed by atoms with Gasteiger partial charge in [0.25, 0.3) is 0 Å². The molecule has 6 heteroatoms. The lowest BCUT2D eigenvalue weighted by Gasteiger charge is -1.97. The zero-order valence-corrected chi connectivity index (χ0v) is 10.5. The second-order valence-electron chi connectivity index (χ2n) is 4.28. The van der Waals surface area contributed by atoms with Crippen LogP contribution < -0.4 is 5.32 Å². The van der Waals surface area contributed by atoms with E-state index in [0.717, 1.165) is 40.3 Å². The van der Waals surface area contributed by atoms with Crippen molar-refractivity contribution in [1.29, 1.82) is 0 Å². The van der Waals surface area contributed by atoms with Gasteiger partial charge in [-0.1, -0.05) is 16.5 Å². The largest absolute Gasteiger partial charge is 0.361 e. The number of aromatic nitrogens is 3. The molecule has 0 bridgehead atoms. The molecule has 17 heavy (non-hydrogen) atoms. The van der Waals surface area contributed by atoms with E-state index in [1.165, 1.54) is 12.8 Å². The minimum Gasteiger partial charge on any atom is -0.361 e. The van der Waals surface area contributed by atoms with Crippen LogP contribution in [0.1, 0.15) is 23.6 Å². The molecule has 5 nitrogen and oxygen atoms in total. The Labute approximate surface area is 103 Å². The van der Waals surface area contributed by atoms with Crippen molar-refractivity contribution >= 4 is 11.3 Å². The van der Waals surface area contributed by atoms with Crippen LogP contribution in [0.25, 0.3) is 10.6 Å². The van der Waals surface area contributed by atoms with Crippen molar-refractivity contribution in [2.75, 3.05) is 6.54 Å². The summed E-state index contributed by atoms with van der Waals surface area (Å²) >= 11 is 1.61. The third-order valence-corrected chi connectivity index (χ3v) is 3.81. The topological polar surface area (TPSA) is 63.8 Å². The molecule has 0 aliphatic heterocycles. The molecule has 1 saturated carbocycles. The predicted octanol–water partition coefficient (Wildman–Crippen LogP) is 1.80. The van der Waals surface area contributed by atoms with Crippen LogP contribution >= 0.6 is 11.3 Å². The van der Waals surface area contributed by atoms with Crippen LogP contribution in [-0.4, -0.2) is 27.9 Å². The van der Waals surface area contributed by atoms with Gasteiger partial charge in [-0.05, 0) is 19.8 Å². The molecule has 1 N–H and O–H groups in total. The number of nitrogens with zero attached hydrogens (tertiary/aromatic N) is 3. The fraction of sp³-hybridized carbons (Fsp3) is 0.545. The molecule has 3 rings (SSSR count). The summed E-state index contributed by atoms with van der Waals surface area (Å²) in [5.41, 5.74) is 0.948. The summed E-state index contributed by atoms with van der Waals surface area (Å²) in [6.45, 7) is 2.87. The lowest BCUT2D eigenvalue weighted by molar-refractivity contribution is 0.398. The number of hydrogen-bond acceptors (Lipinski definition) is 6. The molecule has 0 atom stereocenters. The summed E-state index contributed by atoms with van der Waals surface area (Å²) in [4.78, 5) is 0. The maximum atomic E-state index is 5.03. The molecule has 2 aromatic rings. The van der Waals surface area contributed by atoms with Crippen molar-refractivity contribution in [3.63, 3.8) is 0 Å². The molecule has 2 heterocycles. The van der Waals surface area contributed by atoms with Crippen molar-refractivity contribution in [1.82, 2.24) is 20.7 Å². The normalized spacial score (nSPS) is 15.4. The molecule has 2 aromatic heterocycles. The van der Waals surface area contributed by atoms with Gasteiger partial charge in [-0.25, -0.2) is 0 Å². The Morgan fingerprint density at radius 3 is 3.06 bits per heavy atom. The van der Waals surface area contributed by atoms with Gasteiger partial charge in [0, 0.05) is 19.0 Å². The highest BCUT2D eigenvalue weighted by Crippen LogP contribution is 2.26. The monoisotopic (exact) mass is 250 g/mol. The van der Waals surface area contributed by atoms with Crippen LogP contribution in [-0.2, 0) is 6.42 Å². The van der Waals surface area contributed by atoms with E-state index in [9.17, 15) is 0 Å². The fourth-order valence-corrected chi connectivity index (χ4v) is 2.54. The van der Waals surface area contributed by atoms with E-state index in [2.05, 4.69) is 20.7 Å². The zero-order valence-electron chi connectivity index (χ0n) is 9.64. The van der Waals surface area contributed by atoms with E-state index in [4.69, 9.17) is 4.52 Å². The molecular weight excluding hydrogens is 236 g/mol. The summed E-state index contributed by atoms with van der Waals surface area (Å²) < 4.78 is 5.03. The number of nitrogens with one attached hydrogen (secondary N) is 1. The SMILES string of the molecule is Cc1oncc1-c1nnc(CCNC2CC2)s1. The first-order valence-electron chi connectivity index (χ1n) is 5.80. The van der Waals surface area contributed by atoms with Crippen molar-refractivity contribution in [2.45, 2.75) is 32.2 Å². The average Bonchev–Trinajstić information content (AvgIpc) is 2.85. The highest BCUT2D eigenvalue weighted by molar-refractivity contribution is 7.14. The van der Waals surface area contributed by atoms with Gasteiger partial charge < -0.3 is 9.84 Å². The lowest BCUT2D eigenvalue weighted by Crippen LogP contribution is -2.19.